The Morgan fingerprint density at radius 1 is 1.07 bits per heavy atom. The number of fused-ring (bicyclic) bond motifs is 1. The second kappa shape index (κ2) is 7.79. The number of hydrazine groups is 1. The van der Waals surface area contributed by atoms with Crippen molar-refractivity contribution in [3.63, 3.8) is 0 Å². The Balaban J connectivity index is 1.87. The summed E-state index contributed by atoms with van der Waals surface area (Å²) in [5.74, 6) is 1.08. The molecule has 0 radical (unpaired) electrons. The van der Waals surface area contributed by atoms with Crippen molar-refractivity contribution in [1.29, 1.82) is 0 Å². The highest BCUT2D eigenvalue weighted by Crippen LogP contribution is 2.39. The highest BCUT2D eigenvalue weighted by atomic mass is 35.5. The van der Waals surface area contributed by atoms with Crippen LogP contribution >= 0.6 is 11.6 Å². The van der Waals surface area contributed by atoms with Gasteiger partial charge in [-0.3, -0.25) is 0 Å². The van der Waals surface area contributed by atoms with Gasteiger partial charge in [-0.15, -0.1) is 4.41 Å². The maximum Gasteiger partial charge on any atom is 0.228 e. The minimum atomic E-state index is -3.60. The molecule has 0 saturated heterocycles. The van der Waals surface area contributed by atoms with Crippen molar-refractivity contribution in [2.75, 3.05) is 20.5 Å². The molecule has 0 aliphatic carbocycles. The molecular formula is C21H20ClN3O4S. The van der Waals surface area contributed by atoms with Crippen LogP contribution < -0.4 is 14.9 Å². The predicted molar refractivity (Wildman–Crippen MR) is 117 cm³/mol. The fourth-order valence-corrected chi connectivity index (χ4v) is 4.54. The number of benzene rings is 2. The van der Waals surface area contributed by atoms with Crippen molar-refractivity contribution < 1.29 is 17.9 Å². The predicted octanol–water partition coefficient (Wildman–Crippen LogP) is 3.77. The number of nitrogens with one attached hydrogen (secondary N) is 1. The quantitative estimate of drug-likeness (QED) is 0.602. The number of halogens is 1. The summed E-state index contributed by atoms with van der Waals surface area (Å²) in [4.78, 5) is 4.47. The van der Waals surface area contributed by atoms with Gasteiger partial charge in [0, 0.05) is 17.0 Å². The fourth-order valence-electron chi connectivity index (χ4n) is 3.44. The molecule has 2 heterocycles. The van der Waals surface area contributed by atoms with E-state index in [-0.39, 0.29) is 5.15 Å². The number of hydrogen-bond acceptors (Lipinski definition) is 6. The number of methoxy groups -OCH3 is 2. The van der Waals surface area contributed by atoms with Crippen LogP contribution in [0.1, 0.15) is 17.2 Å². The average Bonchev–Trinajstić information content (AvgIpc) is 3.19. The van der Waals surface area contributed by atoms with E-state index in [4.69, 9.17) is 21.1 Å². The summed E-state index contributed by atoms with van der Waals surface area (Å²) in [6, 6.07) is 14.2. The molecular weight excluding hydrogens is 426 g/mol. The SMILES string of the molecule is COc1cc2cc([C@@H]3C=C(c4ccccc4)NN3S(C)(=O)=O)c(Cl)nc2cc1OC. The first kappa shape index (κ1) is 20.5. The second-order valence-corrected chi connectivity index (χ2v) is 9.05. The zero-order valence-electron chi connectivity index (χ0n) is 16.6. The van der Waals surface area contributed by atoms with E-state index in [2.05, 4.69) is 10.4 Å². The molecule has 1 atom stereocenters. The lowest BCUT2D eigenvalue weighted by Crippen LogP contribution is -2.38. The maximum atomic E-state index is 12.5. The van der Waals surface area contributed by atoms with Gasteiger partial charge in [0.25, 0.3) is 0 Å². The normalized spacial score (nSPS) is 16.9. The van der Waals surface area contributed by atoms with Crippen LogP contribution in [0.3, 0.4) is 0 Å². The number of ether oxygens (including phenoxy) is 2. The summed E-state index contributed by atoms with van der Waals surface area (Å²) in [5, 5.41) is 0.961. The van der Waals surface area contributed by atoms with Gasteiger partial charge in [0.05, 0.1) is 37.7 Å². The third kappa shape index (κ3) is 3.69. The smallest absolute Gasteiger partial charge is 0.228 e. The molecule has 0 saturated carbocycles. The molecule has 4 rings (SSSR count). The molecule has 3 aromatic rings. The number of pyridine rings is 1. The standard InChI is InChI=1S/C21H20ClN3O4S/c1-28-19-10-14-9-15(21(22)23-16(14)12-20(19)29-2)18-11-17(13-7-5-4-6-8-13)24-25(18)30(3,26)27/h4-12,18,24H,1-3H3/t18-/m0/s1. The number of rotatable bonds is 5. The lowest BCUT2D eigenvalue weighted by molar-refractivity contribution is 0.351. The minimum Gasteiger partial charge on any atom is -0.493 e. The molecule has 156 valence electrons. The molecule has 1 N–H and O–H groups in total. The Hall–Kier alpha value is -2.81. The van der Waals surface area contributed by atoms with Crippen LogP contribution in [0.4, 0.5) is 0 Å². The second-order valence-electron chi connectivity index (χ2n) is 6.83. The van der Waals surface area contributed by atoms with Crippen molar-refractivity contribution in [1.82, 2.24) is 14.8 Å². The van der Waals surface area contributed by atoms with E-state index >= 15 is 0 Å². The van der Waals surface area contributed by atoms with Gasteiger partial charge in [0.2, 0.25) is 10.0 Å². The third-order valence-electron chi connectivity index (χ3n) is 4.87. The van der Waals surface area contributed by atoms with Gasteiger partial charge in [-0.2, -0.15) is 0 Å². The monoisotopic (exact) mass is 445 g/mol. The first-order valence-electron chi connectivity index (χ1n) is 9.07. The lowest BCUT2D eigenvalue weighted by Gasteiger charge is -2.23. The summed E-state index contributed by atoms with van der Waals surface area (Å²) >= 11 is 6.50. The molecule has 1 aliphatic heterocycles. The summed E-state index contributed by atoms with van der Waals surface area (Å²) in [6.07, 6.45) is 2.97. The molecule has 9 heteroatoms. The first-order chi connectivity index (χ1) is 14.3. The highest BCUT2D eigenvalue weighted by molar-refractivity contribution is 7.88. The Labute approximate surface area is 179 Å². The zero-order valence-corrected chi connectivity index (χ0v) is 18.2. The van der Waals surface area contributed by atoms with Gasteiger partial charge >= 0.3 is 0 Å². The van der Waals surface area contributed by atoms with Gasteiger partial charge in [-0.05, 0) is 23.8 Å². The topological polar surface area (TPSA) is 80.8 Å². The van der Waals surface area contributed by atoms with Gasteiger partial charge < -0.3 is 14.9 Å². The Morgan fingerprint density at radius 3 is 2.37 bits per heavy atom. The van der Waals surface area contributed by atoms with E-state index < -0.39 is 16.1 Å². The maximum absolute atomic E-state index is 12.5. The van der Waals surface area contributed by atoms with E-state index in [1.54, 1.807) is 26.4 Å². The molecule has 7 nitrogen and oxygen atoms in total. The van der Waals surface area contributed by atoms with E-state index in [9.17, 15) is 8.42 Å². The number of nitrogens with zero attached hydrogens (tertiary/aromatic N) is 2. The molecule has 1 aromatic heterocycles. The van der Waals surface area contributed by atoms with Crippen molar-refractivity contribution in [2.24, 2.45) is 0 Å². The Bertz CT molecular complexity index is 1250. The summed E-state index contributed by atoms with van der Waals surface area (Å²) in [7, 11) is -0.499. The average molecular weight is 446 g/mol. The molecule has 0 unspecified atom stereocenters. The van der Waals surface area contributed by atoms with Crippen molar-refractivity contribution >= 4 is 38.2 Å². The van der Waals surface area contributed by atoms with Gasteiger partial charge in [-0.1, -0.05) is 41.9 Å². The van der Waals surface area contributed by atoms with Crippen LogP contribution in [-0.4, -0.2) is 38.3 Å². The number of hydrogen-bond donors (Lipinski definition) is 1. The summed E-state index contributed by atoms with van der Waals surface area (Å²) in [5.41, 5.74) is 5.70. The van der Waals surface area contributed by atoms with Crippen molar-refractivity contribution in [2.45, 2.75) is 6.04 Å². The zero-order chi connectivity index (χ0) is 21.5. The van der Waals surface area contributed by atoms with Crippen LogP contribution in [0.5, 0.6) is 11.5 Å². The molecule has 1 aliphatic rings. The molecule has 0 amide bonds. The van der Waals surface area contributed by atoms with Crippen LogP contribution in [0, 0.1) is 0 Å². The molecule has 30 heavy (non-hydrogen) atoms. The summed E-state index contributed by atoms with van der Waals surface area (Å²) < 4.78 is 36.8. The largest absolute Gasteiger partial charge is 0.493 e. The van der Waals surface area contributed by atoms with Crippen LogP contribution in [0.15, 0.2) is 54.6 Å². The number of sulfonamides is 1. The van der Waals surface area contributed by atoms with Gasteiger partial charge in [-0.25, -0.2) is 13.4 Å². The number of aromatic nitrogens is 1. The third-order valence-corrected chi connectivity index (χ3v) is 6.20. The van der Waals surface area contributed by atoms with E-state index in [1.165, 1.54) is 4.41 Å². The van der Waals surface area contributed by atoms with E-state index in [1.807, 2.05) is 42.5 Å². The molecule has 0 bridgehead atoms. The molecule has 0 spiro atoms. The minimum absolute atomic E-state index is 0.209. The van der Waals surface area contributed by atoms with Crippen LogP contribution in [0.2, 0.25) is 5.15 Å². The Kier molecular flexibility index (Phi) is 5.31. The van der Waals surface area contributed by atoms with Crippen molar-refractivity contribution in [3.8, 4) is 11.5 Å². The lowest BCUT2D eigenvalue weighted by atomic mass is 10.0. The van der Waals surface area contributed by atoms with Gasteiger partial charge in [0.1, 0.15) is 5.15 Å². The highest BCUT2D eigenvalue weighted by Gasteiger charge is 2.35. The first-order valence-corrected chi connectivity index (χ1v) is 11.3. The molecule has 2 aromatic carbocycles. The molecule has 0 fully saturated rings. The fraction of sp³-hybridized carbons (Fsp3) is 0.190. The van der Waals surface area contributed by atoms with Crippen molar-refractivity contribution in [3.05, 3.63) is 70.9 Å². The van der Waals surface area contributed by atoms with E-state index in [0.29, 0.717) is 28.3 Å². The van der Waals surface area contributed by atoms with Gasteiger partial charge in [0.15, 0.2) is 11.5 Å². The van der Waals surface area contributed by atoms with Crippen LogP contribution in [-0.2, 0) is 10.0 Å². The van der Waals surface area contributed by atoms with E-state index in [0.717, 1.165) is 17.2 Å². The Morgan fingerprint density at radius 2 is 1.73 bits per heavy atom. The van der Waals surface area contributed by atoms with Crippen LogP contribution in [0.25, 0.3) is 16.6 Å². The summed E-state index contributed by atoms with van der Waals surface area (Å²) in [6.45, 7) is 0.